The lowest BCUT2D eigenvalue weighted by Gasteiger charge is -2.23. The summed E-state index contributed by atoms with van der Waals surface area (Å²) in [6, 6.07) is 12.6. The van der Waals surface area contributed by atoms with E-state index in [0.29, 0.717) is 12.0 Å². The highest BCUT2D eigenvalue weighted by atomic mass is 14.8. The molecule has 2 bridgehead atoms. The van der Waals surface area contributed by atoms with Gasteiger partial charge in [0.25, 0.3) is 0 Å². The zero-order valence-electron chi connectivity index (χ0n) is 12.4. The van der Waals surface area contributed by atoms with Crippen molar-refractivity contribution in [2.24, 2.45) is 10.9 Å². The summed E-state index contributed by atoms with van der Waals surface area (Å²) in [7, 11) is 0. The molecule has 1 saturated carbocycles. The number of hydrogen-bond donors (Lipinski definition) is 1. The Morgan fingerprint density at radius 3 is 2.73 bits per heavy atom. The van der Waals surface area contributed by atoms with E-state index in [0.717, 1.165) is 17.0 Å². The van der Waals surface area contributed by atoms with Crippen molar-refractivity contribution in [2.75, 3.05) is 5.73 Å². The molecule has 1 aromatic carbocycles. The first-order valence-corrected chi connectivity index (χ1v) is 7.85. The molecule has 2 aromatic rings. The van der Waals surface area contributed by atoms with Crippen LogP contribution in [0.3, 0.4) is 0 Å². The third-order valence-electron chi connectivity index (χ3n) is 4.62. The smallest absolute Gasteiger partial charge is 0.0700 e. The van der Waals surface area contributed by atoms with Gasteiger partial charge in [0.05, 0.1) is 11.8 Å². The van der Waals surface area contributed by atoms with E-state index in [2.05, 4.69) is 29.3 Å². The second-order valence-electron chi connectivity index (χ2n) is 6.15. The number of nitrogen functional groups attached to an aromatic ring is 1. The largest absolute Gasteiger partial charge is 0.399 e. The Bertz CT molecular complexity index is 729. The van der Waals surface area contributed by atoms with Crippen LogP contribution in [0.25, 0.3) is 6.08 Å². The molecule has 2 heterocycles. The van der Waals surface area contributed by atoms with Gasteiger partial charge in [0.2, 0.25) is 0 Å². The van der Waals surface area contributed by atoms with E-state index in [9.17, 15) is 0 Å². The molecule has 2 aliphatic rings. The molecule has 1 aromatic heterocycles. The summed E-state index contributed by atoms with van der Waals surface area (Å²) in [5, 5.41) is 0. The van der Waals surface area contributed by atoms with Crippen molar-refractivity contribution in [2.45, 2.75) is 25.3 Å². The number of rotatable bonds is 2. The molecule has 22 heavy (non-hydrogen) atoms. The fraction of sp³-hybridized carbons (Fsp3) is 0.263. The summed E-state index contributed by atoms with van der Waals surface area (Å²) in [6.07, 6.45) is 9.62. The van der Waals surface area contributed by atoms with Crippen LogP contribution in [0.5, 0.6) is 0 Å². The van der Waals surface area contributed by atoms with Crippen LogP contribution in [0.1, 0.15) is 30.4 Å². The zero-order valence-corrected chi connectivity index (χ0v) is 12.4. The number of anilines is 1. The maximum absolute atomic E-state index is 5.79. The lowest BCUT2D eigenvalue weighted by Crippen LogP contribution is -2.20. The highest BCUT2D eigenvalue weighted by molar-refractivity contribution is 6.15. The number of fused-ring (bicyclic) bond motifs is 2. The molecule has 0 amide bonds. The highest BCUT2D eigenvalue weighted by Crippen LogP contribution is 2.40. The van der Waals surface area contributed by atoms with Gasteiger partial charge in [0.15, 0.2) is 0 Å². The minimum atomic E-state index is 0.490. The lowest BCUT2D eigenvalue weighted by atomic mass is 9.87. The quantitative estimate of drug-likeness (QED) is 0.857. The molecule has 0 radical (unpaired) electrons. The van der Waals surface area contributed by atoms with Gasteiger partial charge in [-0.2, -0.15) is 0 Å². The van der Waals surface area contributed by atoms with E-state index in [4.69, 9.17) is 10.7 Å². The van der Waals surface area contributed by atoms with Gasteiger partial charge in [-0.3, -0.25) is 9.98 Å². The molecule has 2 atom stereocenters. The number of nitrogens with two attached hydrogens (primary N) is 1. The van der Waals surface area contributed by atoms with Crippen molar-refractivity contribution in [1.82, 2.24) is 4.98 Å². The van der Waals surface area contributed by atoms with Crippen LogP contribution in [0.15, 0.2) is 59.4 Å². The third kappa shape index (κ3) is 2.43. The van der Waals surface area contributed by atoms with Gasteiger partial charge in [0, 0.05) is 23.6 Å². The zero-order chi connectivity index (χ0) is 14.9. The van der Waals surface area contributed by atoms with Crippen molar-refractivity contribution >= 4 is 17.5 Å². The Morgan fingerprint density at radius 1 is 1.09 bits per heavy atom. The number of hydrogen-bond acceptors (Lipinski definition) is 3. The minimum absolute atomic E-state index is 0.490. The summed E-state index contributed by atoms with van der Waals surface area (Å²) >= 11 is 0. The molecule has 3 nitrogen and oxygen atoms in total. The maximum atomic E-state index is 5.79. The maximum Gasteiger partial charge on any atom is 0.0700 e. The molecule has 1 fully saturated rings. The van der Waals surface area contributed by atoms with Crippen LogP contribution in [-0.2, 0) is 0 Å². The Balaban J connectivity index is 1.79. The second kappa shape index (κ2) is 5.41. The first-order chi connectivity index (χ1) is 10.8. The average Bonchev–Trinajstić information content (AvgIpc) is 2.95. The number of aliphatic imine (C=N–C) groups is 1. The van der Waals surface area contributed by atoms with E-state index >= 15 is 0 Å². The molecule has 1 aliphatic carbocycles. The predicted molar refractivity (Wildman–Crippen MR) is 90.7 cm³/mol. The molecule has 0 saturated heterocycles. The van der Waals surface area contributed by atoms with Crippen molar-refractivity contribution in [3.8, 4) is 0 Å². The molecule has 0 spiro atoms. The first kappa shape index (κ1) is 13.3. The topological polar surface area (TPSA) is 51.3 Å². The molecule has 4 rings (SSSR count). The van der Waals surface area contributed by atoms with Gasteiger partial charge in [-0.25, -0.2) is 0 Å². The summed E-state index contributed by atoms with van der Waals surface area (Å²) in [5.41, 5.74) is 11.4. The SMILES string of the molecule is Nc1ccc(/C=C2/C(c3cccnc3)=N[C@H]3CC[C@H]2C3)cc1. The minimum Gasteiger partial charge on any atom is -0.399 e. The number of allylic oxidation sites excluding steroid dienone is 1. The lowest BCUT2D eigenvalue weighted by molar-refractivity contribution is 0.621. The number of nitrogens with zero attached hydrogens (tertiary/aromatic N) is 2. The predicted octanol–water partition coefficient (Wildman–Crippen LogP) is 3.72. The second-order valence-corrected chi connectivity index (χ2v) is 6.15. The van der Waals surface area contributed by atoms with Gasteiger partial charge in [-0.1, -0.05) is 12.1 Å². The van der Waals surface area contributed by atoms with E-state index in [-0.39, 0.29) is 0 Å². The van der Waals surface area contributed by atoms with Crippen LogP contribution in [0.4, 0.5) is 5.69 Å². The van der Waals surface area contributed by atoms with Crippen LogP contribution in [-0.4, -0.2) is 16.7 Å². The molecular formula is C19H19N3. The van der Waals surface area contributed by atoms with E-state index in [1.54, 1.807) is 0 Å². The third-order valence-corrected chi connectivity index (χ3v) is 4.62. The monoisotopic (exact) mass is 289 g/mol. The van der Waals surface area contributed by atoms with E-state index in [1.807, 2.05) is 30.6 Å². The van der Waals surface area contributed by atoms with Crippen LogP contribution >= 0.6 is 0 Å². The van der Waals surface area contributed by atoms with Crippen LogP contribution in [0.2, 0.25) is 0 Å². The van der Waals surface area contributed by atoms with Crippen molar-refractivity contribution in [3.63, 3.8) is 0 Å². The Kier molecular flexibility index (Phi) is 3.26. The van der Waals surface area contributed by atoms with Crippen molar-refractivity contribution < 1.29 is 0 Å². The summed E-state index contributed by atoms with van der Waals surface area (Å²) in [4.78, 5) is 9.25. The number of benzene rings is 1. The van der Waals surface area contributed by atoms with Gasteiger partial charge < -0.3 is 5.73 Å². The van der Waals surface area contributed by atoms with E-state index in [1.165, 1.54) is 30.4 Å². The summed E-state index contributed by atoms with van der Waals surface area (Å²) in [5.74, 6) is 0.621. The van der Waals surface area contributed by atoms with Gasteiger partial charge in [0.1, 0.15) is 0 Å². The summed E-state index contributed by atoms with van der Waals surface area (Å²) in [6.45, 7) is 0. The standard InChI is InChI=1S/C19H19N3/c20-16-6-3-13(4-7-16)10-18-14-5-8-17(11-14)22-19(18)15-2-1-9-21-12-15/h1-4,6-7,9-10,12,14,17H,5,8,11,20H2/b18-10+/t14-,17-/m0/s1. The van der Waals surface area contributed by atoms with Crippen molar-refractivity contribution in [1.29, 1.82) is 0 Å². The van der Waals surface area contributed by atoms with Crippen LogP contribution < -0.4 is 5.73 Å². The number of aromatic nitrogens is 1. The van der Waals surface area contributed by atoms with Crippen LogP contribution in [0, 0.1) is 5.92 Å². The molecule has 110 valence electrons. The van der Waals surface area contributed by atoms with Gasteiger partial charge in [-0.15, -0.1) is 0 Å². The first-order valence-electron chi connectivity index (χ1n) is 7.85. The average molecular weight is 289 g/mol. The molecule has 0 unspecified atom stereocenters. The van der Waals surface area contributed by atoms with Gasteiger partial charge in [-0.05, 0) is 66.7 Å². The summed E-state index contributed by atoms with van der Waals surface area (Å²) < 4.78 is 0. The Morgan fingerprint density at radius 2 is 1.95 bits per heavy atom. The molecule has 1 aliphatic heterocycles. The number of pyridine rings is 1. The van der Waals surface area contributed by atoms with Crippen molar-refractivity contribution in [3.05, 3.63) is 65.5 Å². The van der Waals surface area contributed by atoms with Gasteiger partial charge >= 0.3 is 0 Å². The normalized spacial score (nSPS) is 25.3. The van der Waals surface area contributed by atoms with E-state index < -0.39 is 0 Å². The fourth-order valence-corrected chi connectivity index (χ4v) is 3.51. The Hall–Kier alpha value is -2.42. The highest BCUT2D eigenvalue weighted by Gasteiger charge is 2.34. The Labute approximate surface area is 130 Å². The molecular weight excluding hydrogens is 270 g/mol. The fourth-order valence-electron chi connectivity index (χ4n) is 3.51. The molecule has 3 heteroatoms. The molecule has 2 N–H and O–H groups in total.